The van der Waals surface area contributed by atoms with Crippen molar-refractivity contribution in [2.24, 2.45) is 5.41 Å². The maximum Gasteiger partial charge on any atom is 0.328 e. The fourth-order valence-corrected chi connectivity index (χ4v) is 3.72. The van der Waals surface area contributed by atoms with Crippen molar-refractivity contribution in [3.05, 3.63) is 88.6 Å². The molecular formula is C26H32O2. The Kier molecular flexibility index (Phi) is 7.39. The van der Waals surface area contributed by atoms with E-state index < -0.39 is 5.97 Å². The van der Waals surface area contributed by atoms with Crippen LogP contribution in [0, 0.1) is 12.3 Å². The maximum absolute atomic E-state index is 10.8. The van der Waals surface area contributed by atoms with E-state index in [2.05, 4.69) is 64.1 Å². The largest absolute Gasteiger partial charge is 0.478 e. The predicted octanol–water partition coefficient (Wildman–Crippen LogP) is 7.05. The van der Waals surface area contributed by atoms with Gasteiger partial charge in [0, 0.05) is 6.08 Å². The van der Waals surface area contributed by atoms with Gasteiger partial charge in [-0.3, -0.25) is 0 Å². The zero-order valence-electron chi connectivity index (χ0n) is 17.8. The van der Waals surface area contributed by atoms with Crippen LogP contribution in [0.15, 0.2) is 77.4 Å². The van der Waals surface area contributed by atoms with Crippen molar-refractivity contribution in [2.75, 3.05) is 0 Å². The molecule has 0 fully saturated rings. The monoisotopic (exact) mass is 376 g/mol. The topological polar surface area (TPSA) is 37.3 Å². The van der Waals surface area contributed by atoms with Crippen LogP contribution in [-0.2, 0) is 4.79 Å². The highest BCUT2D eigenvalue weighted by molar-refractivity contribution is 5.81. The third-order valence-corrected chi connectivity index (χ3v) is 5.34. The molecule has 0 spiro atoms. The SMILES string of the molecule is CC1=C(/C=C/C(=C\C=C\C(C)=C/C(=O)O)c2ccc(C)cc2)C(C)(C)CCC1. The van der Waals surface area contributed by atoms with Gasteiger partial charge in [-0.15, -0.1) is 0 Å². The second-order valence-corrected chi connectivity index (χ2v) is 8.34. The first-order valence-corrected chi connectivity index (χ1v) is 9.94. The molecule has 0 atom stereocenters. The first kappa shape index (κ1) is 21.7. The van der Waals surface area contributed by atoms with Gasteiger partial charge in [-0.1, -0.05) is 79.6 Å². The molecule has 2 nitrogen and oxygen atoms in total. The zero-order valence-corrected chi connectivity index (χ0v) is 17.8. The molecule has 0 saturated carbocycles. The van der Waals surface area contributed by atoms with Gasteiger partial charge < -0.3 is 5.11 Å². The van der Waals surface area contributed by atoms with Crippen LogP contribution in [0.25, 0.3) is 5.57 Å². The van der Waals surface area contributed by atoms with Gasteiger partial charge in [-0.05, 0) is 67.7 Å². The first-order valence-electron chi connectivity index (χ1n) is 9.94. The third-order valence-electron chi connectivity index (χ3n) is 5.34. The van der Waals surface area contributed by atoms with Crippen molar-refractivity contribution in [2.45, 2.75) is 53.9 Å². The minimum Gasteiger partial charge on any atom is -0.478 e. The van der Waals surface area contributed by atoms with Crippen LogP contribution in [0.2, 0.25) is 0 Å². The molecule has 1 aliphatic carbocycles. The summed E-state index contributed by atoms with van der Waals surface area (Å²) < 4.78 is 0. The van der Waals surface area contributed by atoms with Gasteiger partial charge >= 0.3 is 5.97 Å². The zero-order chi connectivity index (χ0) is 20.7. The predicted molar refractivity (Wildman–Crippen MR) is 119 cm³/mol. The normalized spacial score (nSPS) is 18.3. The first-order chi connectivity index (χ1) is 13.2. The van der Waals surface area contributed by atoms with Crippen LogP contribution >= 0.6 is 0 Å². The van der Waals surface area contributed by atoms with Gasteiger partial charge in [0.15, 0.2) is 0 Å². The van der Waals surface area contributed by atoms with Crippen LogP contribution in [0.5, 0.6) is 0 Å². The van der Waals surface area contributed by atoms with E-state index in [1.165, 1.54) is 42.0 Å². The summed E-state index contributed by atoms with van der Waals surface area (Å²) in [6, 6.07) is 8.50. The highest BCUT2D eigenvalue weighted by Gasteiger charge is 2.26. The summed E-state index contributed by atoms with van der Waals surface area (Å²) in [7, 11) is 0. The molecule has 0 aliphatic heterocycles. The molecule has 2 rings (SSSR count). The van der Waals surface area contributed by atoms with E-state index in [0.717, 1.165) is 11.1 Å². The molecule has 1 aromatic rings. The van der Waals surface area contributed by atoms with Gasteiger partial charge in [0.2, 0.25) is 0 Å². The molecular weight excluding hydrogens is 344 g/mol. The number of aryl methyl sites for hydroxylation is 1. The van der Waals surface area contributed by atoms with Crippen LogP contribution in [0.3, 0.4) is 0 Å². The van der Waals surface area contributed by atoms with Gasteiger partial charge in [0.1, 0.15) is 0 Å². The molecule has 0 bridgehead atoms. The van der Waals surface area contributed by atoms with E-state index in [1.807, 2.05) is 18.2 Å². The van der Waals surface area contributed by atoms with Crippen LogP contribution in [-0.4, -0.2) is 11.1 Å². The molecule has 0 radical (unpaired) electrons. The number of allylic oxidation sites excluding steroid dienone is 9. The average Bonchev–Trinajstić information content (AvgIpc) is 2.59. The molecule has 0 unspecified atom stereocenters. The van der Waals surface area contributed by atoms with Crippen molar-refractivity contribution in [1.29, 1.82) is 0 Å². The Bertz CT molecular complexity index is 856. The lowest BCUT2D eigenvalue weighted by Gasteiger charge is -2.33. The Labute approximate surface area is 169 Å². The van der Waals surface area contributed by atoms with E-state index >= 15 is 0 Å². The standard InChI is InChI=1S/C26H32O2/c1-19-11-13-23(14-12-19)22(10-6-8-20(2)18-25(27)28)15-16-24-21(3)9-7-17-26(24,4)5/h6,8,10-16,18H,7,9,17H2,1-5H3,(H,27,28)/b8-6+,16-15+,20-18-,22-10+. The summed E-state index contributed by atoms with van der Waals surface area (Å²) >= 11 is 0. The number of carboxylic acid groups (broad SMARTS) is 1. The molecule has 1 N–H and O–H groups in total. The number of carboxylic acids is 1. The van der Waals surface area contributed by atoms with Crippen molar-refractivity contribution >= 4 is 11.5 Å². The number of carbonyl (C=O) groups is 1. The van der Waals surface area contributed by atoms with Crippen molar-refractivity contribution < 1.29 is 9.90 Å². The van der Waals surface area contributed by atoms with Crippen molar-refractivity contribution in [1.82, 2.24) is 0 Å². The number of hydrogen-bond donors (Lipinski definition) is 1. The van der Waals surface area contributed by atoms with Crippen LogP contribution < -0.4 is 0 Å². The number of benzene rings is 1. The molecule has 1 aromatic carbocycles. The maximum atomic E-state index is 10.8. The Balaban J connectivity index is 2.39. The fraction of sp³-hybridized carbons (Fsp3) is 0.346. The van der Waals surface area contributed by atoms with Crippen molar-refractivity contribution in [3.63, 3.8) is 0 Å². The summed E-state index contributed by atoms with van der Waals surface area (Å²) in [5.74, 6) is -0.924. The lowest BCUT2D eigenvalue weighted by molar-refractivity contribution is -0.131. The lowest BCUT2D eigenvalue weighted by atomic mass is 9.72. The Morgan fingerprint density at radius 2 is 1.79 bits per heavy atom. The molecule has 0 amide bonds. The summed E-state index contributed by atoms with van der Waals surface area (Å²) in [6.07, 6.45) is 15.1. The molecule has 28 heavy (non-hydrogen) atoms. The van der Waals surface area contributed by atoms with E-state index in [-0.39, 0.29) is 5.41 Å². The van der Waals surface area contributed by atoms with E-state index in [9.17, 15) is 4.79 Å². The summed E-state index contributed by atoms with van der Waals surface area (Å²) in [5.41, 5.74) is 7.32. The smallest absolute Gasteiger partial charge is 0.328 e. The minimum atomic E-state index is -0.924. The van der Waals surface area contributed by atoms with Crippen LogP contribution in [0.4, 0.5) is 0 Å². The van der Waals surface area contributed by atoms with E-state index in [4.69, 9.17) is 5.11 Å². The lowest BCUT2D eigenvalue weighted by Crippen LogP contribution is -2.19. The fourth-order valence-electron chi connectivity index (χ4n) is 3.72. The number of hydrogen-bond acceptors (Lipinski definition) is 1. The quantitative estimate of drug-likeness (QED) is 0.427. The second kappa shape index (κ2) is 9.54. The van der Waals surface area contributed by atoms with Gasteiger partial charge in [0.25, 0.3) is 0 Å². The Morgan fingerprint density at radius 1 is 1.11 bits per heavy atom. The molecule has 1 aliphatic rings. The molecule has 0 heterocycles. The van der Waals surface area contributed by atoms with E-state index in [0.29, 0.717) is 5.57 Å². The summed E-state index contributed by atoms with van der Waals surface area (Å²) in [5, 5.41) is 8.86. The summed E-state index contributed by atoms with van der Waals surface area (Å²) in [4.78, 5) is 10.8. The number of aliphatic carboxylic acids is 1. The van der Waals surface area contributed by atoms with Crippen LogP contribution in [0.1, 0.15) is 58.1 Å². The average molecular weight is 377 g/mol. The highest BCUT2D eigenvalue weighted by atomic mass is 16.4. The van der Waals surface area contributed by atoms with Gasteiger partial charge in [-0.25, -0.2) is 4.79 Å². The molecule has 148 valence electrons. The molecule has 0 saturated heterocycles. The van der Waals surface area contributed by atoms with Crippen molar-refractivity contribution in [3.8, 4) is 0 Å². The Hall–Kier alpha value is -2.61. The van der Waals surface area contributed by atoms with Gasteiger partial charge in [0.05, 0.1) is 0 Å². The Morgan fingerprint density at radius 3 is 2.39 bits per heavy atom. The van der Waals surface area contributed by atoms with E-state index in [1.54, 1.807) is 6.92 Å². The minimum absolute atomic E-state index is 0.202. The third kappa shape index (κ3) is 6.23. The second-order valence-electron chi connectivity index (χ2n) is 8.34. The highest BCUT2D eigenvalue weighted by Crippen LogP contribution is 2.41. The molecule has 2 heteroatoms. The molecule has 0 aromatic heterocycles. The van der Waals surface area contributed by atoms with Gasteiger partial charge in [-0.2, -0.15) is 0 Å². The number of rotatable bonds is 6. The summed E-state index contributed by atoms with van der Waals surface area (Å²) in [6.45, 7) is 10.8.